The van der Waals surface area contributed by atoms with E-state index in [1.807, 2.05) is 0 Å². The van der Waals surface area contributed by atoms with Gasteiger partial charge in [0.05, 0.1) is 10.4 Å². The molecule has 0 aliphatic carbocycles. The predicted octanol–water partition coefficient (Wildman–Crippen LogP) is 3.71. The molecule has 0 saturated carbocycles. The number of aromatic nitrogens is 1. The molecule has 31 heavy (non-hydrogen) atoms. The maximum absolute atomic E-state index is 12.7. The van der Waals surface area contributed by atoms with E-state index in [9.17, 15) is 18.0 Å². The first-order chi connectivity index (χ1) is 14.7. The Morgan fingerprint density at radius 1 is 1.06 bits per heavy atom. The molecule has 11 heteroatoms. The van der Waals surface area contributed by atoms with Crippen LogP contribution in [0.5, 0.6) is 0 Å². The van der Waals surface area contributed by atoms with Gasteiger partial charge >= 0.3 is 5.76 Å². The van der Waals surface area contributed by atoms with Crippen LogP contribution in [-0.4, -0.2) is 36.3 Å². The van der Waals surface area contributed by atoms with Crippen molar-refractivity contribution in [2.45, 2.75) is 30.7 Å². The van der Waals surface area contributed by atoms with Crippen molar-refractivity contribution in [3.05, 3.63) is 57.0 Å². The second-order valence-corrected chi connectivity index (χ2v) is 10.0. The van der Waals surface area contributed by atoms with Crippen LogP contribution >= 0.6 is 23.2 Å². The molecule has 0 unspecified atom stereocenters. The van der Waals surface area contributed by atoms with Crippen molar-refractivity contribution in [2.24, 2.45) is 0 Å². The summed E-state index contributed by atoms with van der Waals surface area (Å²) in [6.07, 6.45) is 1.65. The Balaban J connectivity index is 1.51. The average Bonchev–Trinajstić information content (AvgIpc) is 3.33. The number of aryl methyl sites for hydroxylation is 1. The van der Waals surface area contributed by atoms with Crippen molar-refractivity contribution in [3.63, 3.8) is 0 Å². The Hall–Kier alpha value is -2.33. The van der Waals surface area contributed by atoms with Gasteiger partial charge in [-0.15, -0.1) is 0 Å². The van der Waals surface area contributed by atoms with Crippen molar-refractivity contribution in [1.29, 1.82) is 0 Å². The summed E-state index contributed by atoms with van der Waals surface area (Å²) in [4.78, 5) is 24.6. The molecule has 1 amide bonds. The van der Waals surface area contributed by atoms with Gasteiger partial charge in [0.15, 0.2) is 5.58 Å². The molecule has 1 aliphatic heterocycles. The molecular formula is C20H19Cl2N3O5S. The minimum absolute atomic E-state index is 0.00744. The monoisotopic (exact) mass is 483 g/mol. The summed E-state index contributed by atoms with van der Waals surface area (Å²) < 4.78 is 33.4. The smallest absolute Gasteiger partial charge is 0.408 e. The topological polar surface area (TPSA) is 102 Å². The molecule has 164 valence electrons. The number of rotatable bonds is 6. The van der Waals surface area contributed by atoms with Crippen molar-refractivity contribution < 1.29 is 17.6 Å². The second-order valence-electron chi connectivity index (χ2n) is 7.22. The lowest BCUT2D eigenvalue weighted by molar-refractivity contribution is -0.116. The van der Waals surface area contributed by atoms with Gasteiger partial charge in [-0.1, -0.05) is 23.2 Å². The van der Waals surface area contributed by atoms with Gasteiger partial charge in [0.25, 0.3) is 0 Å². The Morgan fingerprint density at radius 2 is 1.74 bits per heavy atom. The number of halogens is 2. The number of fused-ring (bicyclic) bond motifs is 1. The highest BCUT2D eigenvalue weighted by Crippen LogP contribution is 2.25. The van der Waals surface area contributed by atoms with Crippen LogP contribution in [0.25, 0.3) is 11.1 Å². The maximum Gasteiger partial charge on any atom is 0.419 e. The molecule has 2 aromatic carbocycles. The van der Waals surface area contributed by atoms with Gasteiger partial charge in [0, 0.05) is 47.9 Å². The van der Waals surface area contributed by atoms with Gasteiger partial charge in [-0.2, -0.15) is 4.31 Å². The quantitative estimate of drug-likeness (QED) is 0.575. The third-order valence-electron chi connectivity index (χ3n) is 5.05. The average molecular weight is 484 g/mol. The van der Waals surface area contributed by atoms with Crippen molar-refractivity contribution in [1.82, 2.24) is 8.87 Å². The molecule has 0 bridgehead atoms. The van der Waals surface area contributed by atoms with Crippen LogP contribution in [-0.2, 0) is 21.4 Å². The number of hydrogen-bond donors (Lipinski definition) is 1. The van der Waals surface area contributed by atoms with Gasteiger partial charge in [-0.25, -0.2) is 13.2 Å². The maximum atomic E-state index is 12.7. The Bertz CT molecular complexity index is 1290. The first-order valence-corrected chi connectivity index (χ1v) is 11.8. The van der Waals surface area contributed by atoms with E-state index in [-0.39, 0.29) is 29.4 Å². The van der Waals surface area contributed by atoms with E-state index in [0.717, 1.165) is 12.8 Å². The van der Waals surface area contributed by atoms with Crippen molar-refractivity contribution in [3.8, 4) is 0 Å². The number of benzene rings is 2. The van der Waals surface area contributed by atoms with Crippen LogP contribution in [0.1, 0.15) is 19.3 Å². The van der Waals surface area contributed by atoms with Crippen molar-refractivity contribution in [2.75, 3.05) is 18.4 Å². The fourth-order valence-electron chi connectivity index (χ4n) is 3.56. The predicted molar refractivity (Wildman–Crippen MR) is 118 cm³/mol. The highest BCUT2D eigenvalue weighted by atomic mass is 35.5. The molecule has 1 aliphatic rings. The Kier molecular flexibility index (Phi) is 6.11. The van der Waals surface area contributed by atoms with Gasteiger partial charge in [-0.05, 0) is 43.2 Å². The molecule has 1 fully saturated rings. The molecule has 1 aromatic heterocycles. The number of amides is 1. The number of hydrogen-bond acceptors (Lipinski definition) is 5. The lowest BCUT2D eigenvalue weighted by Crippen LogP contribution is -2.27. The van der Waals surface area contributed by atoms with Crippen LogP contribution in [0, 0.1) is 0 Å². The van der Waals surface area contributed by atoms with E-state index in [4.69, 9.17) is 27.6 Å². The molecule has 1 saturated heterocycles. The zero-order valence-corrected chi connectivity index (χ0v) is 18.6. The summed E-state index contributed by atoms with van der Waals surface area (Å²) in [5, 5.41) is 3.45. The van der Waals surface area contributed by atoms with E-state index in [2.05, 4.69) is 5.32 Å². The number of anilines is 1. The Morgan fingerprint density at radius 3 is 2.42 bits per heavy atom. The van der Waals surface area contributed by atoms with E-state index < -0.39 is 15.8 Å². The summed E-state index contributed by atoms with van der Waals surface area (Å²) in [6.45, 7) is 1.03. The van der Waals surface area contributed by atoms with Crippen molar-refractivity contribution >= 4 is 55.9 Å². The number of nitrogens with one attached hydrogen (secondary N) is 1. The fraction of sp³-hybridized carbons (Fsp3) is 0.300. The largest absolute Gasteiger partial charge is 0.419 e. The molecule has 1 N–H and O–H groups in total. The molecule has 3 aromatic rings. The first kappa shape index (κ1) is 21.9. The van der Waals surface area contributed by atoms with E-state index in [1.54, 1.807) is 18.2 Å². The fourth-order valence-corrected chi connectivity index (χ4v) is 5.62. The molecule has 8 nitrogen and oxygen atoms in total. The molecule has 0 radical (unpaired) electrons. The normalized spacial score (nSPS) is 14.9. The number of carbonyl (C=O) groups excluding carboxylic acids is 1. The molecule has 2 heterocycles. The Labute approximate surface area is 188 Å². The minimum Gasteiger partial charge on any atom is -0.408 e. The lowest BCUT2D eigenvalue weighted by atomic mass is 10.3. The lowest BCUT2D eigenvalue weighted by Gasteiger charge is -2.15. The SMILES string of the molecule is O=C(CCn1c(=O)oc2cc(S(=O)(=O)N3CCCC3)ccc21)Nc1cc(Cl)cc(Cl)c1. The summed E-state index contributed by atoms with van der Waals surface area (Å²) in [5.41, 5.74) is 1.03. The van der Waals surface area contributed by atoms with Crippen LogP contribution < -0.4 is 11.1 Å². The van der Waals surface area contributed by atoms with Gasteiger partial charge < -0.3 is 9.73 Å². The van der Waals surface area contributed by atoms with E-state index in [1.165, 1.54) is 27.1 Å². The highest BCUT2D eigenvalue weighted by molar-refractivity contribution is 7.89. The molecule has 0 atom stereocenters. The second kappa shape index (κ2) is 8.66. The van der Waals surface area contributed by atoms with Gasteiger partial charge in [0.2, 0.25) is 15.9 Å². The van der Waals surface area contributed by atoms with Crippen LogP contribution in [0.2, 0.25) is 10.0 Å². The van der Waals surface area contributed by atoms with Gasteiger partial charge in [-0.3, -0.25) is 9.36 Å². The third kappa shape index (κ3) is 4.64. The van der Waals surface area contributed by atoms with E-state index >= 15 is 0 Å². The molecular weight excluding hydrogens is 465 g/mol. The summed E-state index contributed by atoms with van der Waals surface area (Å²) in [6, 6.07) is 9.01. The van der Waals surface area contributed by atoms with Gasteiger partial charge in [0.1, 0.15) is 0 Å². The van der Waals surface area contributed by atoms with E-state index in [0.29, 0.717) is 34.3 Å². The summed E-state index contributed by atoms with van der Waals surface area (Å²) in [5.74, 6) is -1.00. The highest BCUT2D eigenvalue weighted by Gasteiger charge is 2.28. The van der Waals surface area contributed by atoms with Crippen LogP contribution in [0.3, 0.4) is 0 Å². The van der Waals surface area contributed by atoms with Crippen LogP contribution in [0.15, 0.2) is 50.5 Å². The summed E-state index contributed by atoms with van der Waals surface area (Å²) in [7, 11) is -3.62. The van der Waals surface area contributed by atoms with Crippen LogP contribution in [0.4, 0.5) is 5.69 Å². The first-order valence-electron chi connectivity index (χ1n) is 9.63. The molecule has 0 spiro atoms. The zero-order chi connectivity index (χ0) is 22.2. The summed E-state index contributed by atoms with van der Waals surface area (Å²) >= 11 is 11.8. The number of oxazole rings is 1. The third-order valence-corrected chi connectivity index (χ3v) is 7.38. The number of carbonyl (C=O) groups is 1. The minimum atomic E-state index is -3.62. The zero-order valence-electron chi connectivity index (χ0n) is 16.3. The number of sulfonamides is 1. The number of nitrogens with zero attached hydrogens (tertiary/aromatic N) is 2. The molecule has 4 rings (SSSR count). The standard InChI is InChI=1S/C20H19Cl2N3O5S/c21-13-9-14(22)11-15(10-13)23-19(26)5-8-25-17-4-3-16(12-18(17)30-20(25)27)31(28,29)24-6-1-2-7-24/h3-4,9-12H,1-2,5-8H2,(H,23,26).